The number of hydrogen-bond donors (Lipinski definition) is 1. The van der Waals surface area contributed by atoms with Crippen LogP contribution in [0.2, 0.25) is 0 Å². The molecule has 3 aromatic rings. The van der Waals surface area contributed by atoms with Crippen LogP contribution in [0.5, 0.6) is 0 Å². The lowest BCUT2D eigenvalue weighted by Gasteiger charge is -2.22. The third kappa shape index (κ3) is 4.53. The molecule has 26 heavy (non-hydrogen) atoms. The van der Waals surface area contributed by atoms with Gasteiger partial charge in [0.25, 0.3) is 5.91 Å². The highest BCUT2D eigenvalue weighted by Gasteiger charge is 2.20. The SMILES string of the molecule is CN(C)[C@H](CNC(=O)c1cccnc1Sc1ccccc1)c1ccco1. The Kier molecular flexibility index (Phi) is 6.09. The van der Waals surface area contributed by atoms with Gasteiger partial charge >= 0.3 is 0 Å². The van der Waals surface area contributed by atoms with Gasteiger partial charge in [-0.15, -0.1) is 0 Å². The molecule has 0 saturated carbocycles. The van der Waals surface area contributed by atoms with Crippen molar-refractivity contribution in [2.75, 3.05) is 20.6 Å². The van der Waals surface area contributed by atoms with Gasteiger partial charge in [0.15, 0.2) is 0 Å². The molecule has 1 amide bonds. The van der Waals surface area contributed by atoms with E-state index in [1.54, 1.807) is 24.6 Å². The molecular weight excluding hydrogens is 346 g/mol. The zero-order valence-electron chi connectivity index (χ0n) is 14.8. The van der Waals surface area contributed by atoms with Crippen LogP contribution in [0.25, 0.3) is 0 Å². The number of carbonyl (C=O) groups excluding carboxylic acids is 1. The minimum atomic E-state index is -0.144. The fourth-order valence-electron chi connectivity index (χ4n) is 2.55. The second-order valence-electron chi connectivity index (χ2n) is 5.98. The molecule has 0 aliphatic rings. The van der Waals surface area contributed by atoms with Gasteiger partial charge in [-0.1, -0.05) is 30.0 Å². The van der Waals surface area contributed by atoms with Crippen molar-refractivity contribution in [1.82, 2.24) is 15.2 Å². The molecule has 0 radical (unpaired) electrons. The van der Waals surface area contributed by atoms with E-state index in [0.717, 1.165) is 10.7 Å². The van der Waals surface area contributed by atoms with Crippen LogP contribution < -0.4 is 5.32 Å². The zero-order valence-corrected chi connectivity index (χ0v) is 15.6. The molecule has 1 aromatic carbocycles. The lowest BCUT2D eigenvalue weighted by atomic mass is 10.2. The third-order valence-corrected chi connectivity index (χ3v) is 4.95. The first-order valence-corrected chi connectivity index (χ1v) is 9.12. The van der Waals surface area contributed by atoms with Gasteiger partial charge in [-0.05, 0) is 50.5 Å². The molecule has 0 fully saturated rings. The molecule has 6 heteroatoms. The van der Waals surface area contributed by atoms with Crippen LogP contribution in [0.4, 0.5) is 0 Å². The van der Waals surface area contributed by atoms with E-state index >= 15 is 0 Å². The molecule has 3 rings (SSSR count). The number of pyridine rings is 1. The first-order valence-electron chi connectivity index (χ1n) is 8.31. The van der Waals surface area contributed by atoms with Gasteiger partial charge in [0, 0.05) is 17.6 Å². The molecule has 2 aromatic heterocycles. The number of carbonyl (C=O) groups is 1. The monoisotopic (exact) mass is 367 g/mol. The molecular formula is C20H21N3O2S. The van der Waals surface area contributed by atoms with Crippen molar-refractivity contribution in [3.63, 3.8) is 0 Å². The van der Waals surface area contributed by atoms with Gasteiger partial charge in [0.1, 0.15) is 10.8 Å². The summed E-state index contributed by atoms with van der Waals surface area (Å²) in [5.74, 6) is 0.676. The summed E-state index contributed by atoms with van der Waals surface area (Å²) in [7, 11) is 3.92. The van der Waals surface area contributed by atoms with Crippen molar-refractivity contribution in [3.8, 4) is 0 Å². The van der Waals surface area contributed by atoms with E-state index in [0.29, 0.717) is 17.1 Å². The number of hydrogen-bond acceptors (Lipinski definition) is 5. The number of nitrogens with zero attached hydrogens (tertiary/aromatic N) is 2. The molecule has 0 saturated heterocycles. The van der Waals surface area contributed by atoms with E-state index in [2.05, 4.69) is 10.3 Å². The summed E-state index contributed by atoms with van der Waals surface area (Å²) < 4.78 is 5.49. The van der Waals surface area contributed by atoms with Crippen molar-refractivity contribution in [3.05, 3.63) is 78.4 Å². The first kappa shape index (κ1) is 18.2. The van der Waals surface area contributed by atoms with Gasteiger partial charge < -0.3 is 9.73 Å². The summed E-state index contributed by atoms with van der Waals surface area (Å²) in [6.45, 7) is 0.448. The average molecular weight is 367 g/mol. The maximum Gasteiger partial charge on any atom is 0.254 e. The van der Waals surface area contributed by atoms with Crippen LogP contribution in [0, 0.1) is 0 Å². The number of likely N-dealkylation sites (N-methyl/N-ethyl adjacent to an activating group) is 1. The van der Waals surface area contributed by atoms with Crippen molar-refractivity contribution in [2.45, 2.75) is 16.0 Å². The fraction of sp³-hybridized carbons (Fsp3) is 0.200. The quantitative estimate of drug-likeness (QED) is 0.687. The van der Waals surface area contributed by atoms with Crippen LogP contribution in [-0.4, -0.2) is 36.4 Å². The largest absolute Gasteiger partial charge is 0.468 e. The predicted octanol–water partition coefficient (Wildman–Crippen LogP) is 3.86. The number of amides is 1. The van der Waals surface area contributed by atoms with Gasteiger partial charge in [-0.2, -0.15) is 0 Å². The Balaban J connectivity index is 1.72. The topological polar surface area (TPSA) is 58.4 Å². The van der Waals surface area contributed by atoms with Crippen LogP contribution in [-0.2, 0) is 0 Å². The van der Waals surface area contributed by atoms with E-state index in [-0.39, 0.29) is 11.9 Å². The normalized spacial score (nSPS) is 12.1. The molecule has 0 bridgehead atoms. The highest BCUT2D eigenvalue weighted by atomic mass is 32.2. The first-order chi connectivity index (χ1) is 12.6. The Morgan fingerprint density at radius 1 is 1.15 bits per heavy atom. The number of benzene rings is 1. The van der Waals surface area contributed by atoms with E-state index in [9.17, 15) is 4.79 Å². The molecule has 1 N–H and O–H groups in total. The number of aromatic nitrogens is 1. The lowest BCUT2D eigenvalue weighted by molar-refractivity contribution is 0.0935. The Labute approximate surface area is 157 Å². The molecule has 2 heterocycles. The summed E-state index contributed by atoms with van der Waals surface area (Å²) in [5.41, 5.74) is 0.568. The Bertz CT molecular complexity index is 835. The van der Waals surface area contributed by atoms with Crippen molar-refractivity contribution in [2.24, 2.45) is 0 Å². The van der Waals surface area contributed by atoms with Gasteiger partial charge in [-0.3, -0.25) is 9.69 Å². The number of nitrogens with one attached hydrogen (secondary N) is 1. The molecule has 1 atom stereocenters. The summed E-state index contributed by atoms with van der Waals surface area (Å²) in [6.07, 6.45) is 3.34. The summed E-state index contributed by atoms with van der Waals surface area (Å²) in [5, 5.41) is 3.69. The highest BCUT2D eigenvalue weighted by molar-refractivity contribution is 7.99. The van der Waals surface area contributed by atoms with E-state index < -0.39 is 0 Å². The minimum absolute atomic E-state index is 0.0316. The van der Waals surface area contributed by atoms with Crippen molar-refractivity contribution >= 4 is 17.7 Å². The lowest BCUT2D eigenvalue weighted by Crippen LogP contribution is -2.34. The van der Waals surface area contributed by atoms with Crippen LogP contribution >= 0.6 is 11.8 Å². The predicted molar refractivity (Wildman–Crippen MR) is 102 cm³/mol. The van der Waals surface area contributed by atoms with Crippen LogP contribution in [0.1, 0.15) is 22.2 Å². The van der Waals surface area contributed by atoms with E-state index in [4.69, 9.17) is 4.42 Å². The second kappa shape index (κ2) is 8.69. The molecule has 0 aliphatic heterocycles. The molecule has 134 valence electrons. The van der Waals surface area contributed by atoms with Crippen molar-refractivity contribution < 1.29 is 9.21 Å². The standard InChI is InChI=1S/C20H21N3O2S/c1-23(2)17(18-11-7-13-25-18)14-22-19(24)16-10-6-12-21-20(16)26-15-8-4-3-5-9-15/h3-13,17H,14H2,1-2H3,(H,22,24)/t17-/m1/s1. The Morgan fingerprint density at radius 2 is 1.96 bits per heavy atom. The molecule has 0 spiro atoms. The zero-order chi connectivity index (χ0) is 18.4. The Hall–Kier alpha value is -2.57. The summed E-state index contributed by atoms with van der Waals surface area (Å²) >= 11 is 1.48. The molecule has 0 unspecified atom stereocenters. The minimum Gasteiger partial charge on any atom is -0.468 e. The van der Waals surface area contributed by atoms with Crippen LogP contribution in [0.3, 0.4) is 0 Å². The third-order valence-electron chi connectivity index (χ3n) is 3.92. The van der Waals surface area contributed by atoms with Gasteiger partial charge in [0.05, 0.1) is 17.9 Å². The molecule has 0 aliphatic carbocycles. The van der Waals surface area contributed by atoms with E-state index in [1.165, 1.54) is 11.8 Å². The summed E-state index contributed by atoms with van der Waals surface area (Å²) in [4.78, 5) is 20.2. The second-order valence-corrected chi connectivity index (χ2v) is 7.04. The summed E-state index contributed by atoms with van der Waals surface area (Å²) in [6, 6.07) is 17.2. The number of furan rings is 1. The van der Waals surface area contributed by atoms with Crippen LogP contribution in [0.15, 0.2) is 81.4 Å². The number of rotatable bonds is 7. The average Bonchev–Trinajstić information content (AvgIpc) is 3.17. The smallest absolute Gasteiger partial charge is 0.254 e. The molecule has 5 nitrogen and oxygen atoms in total. The van der Waals surface area contributed by atoms with E-state index in [1.807, 2.05) is 61.5 Å². The fourth-order valence-corrected chi connectivity index (χ4v) is 3.45. The maximum absolute atomic E-state index is 12.7. The van der Waals surface area contributed by atoms with Crippen molar-refractivity contribution in [1.29, 1.82) is 0 Å². The van der Waals surface area contributed by atoms with Gasteiger partial charge in [0.2, 0.25) is 0 Å². The maximum atomic E-state index is 12.7. The van der Waals surface area contributed by atoms with Gasteiger partial charge in [-0.25, -0.2) is 4.98 Å². The highest BCUT2D eigenvalue weighted by Crippen LogP contribution is 2.28. The Morgan fingerprint density at radius 3 is 2.65 bits per heavy atom.